The van der Waals surface area contributed by atoms with Crippen LogP contribution in [-0.2, 0) is 6.54 Å². The van der Waals surface area contributed by atoms with Crippen molar-refractivity contribution < 1.29 is 9.47 Å². The average Bonchev–Trinajstić information content (AvgIpc) is 3.88. The zero-order chi connectivity index (χ0) is 26.0. The van der Waals surface area contributed by atoms with Gasteiger partial charge in [-0.3, -0.25) is 0 Å². The van der Waals surface area contributed by atoms with Gasteiger partial charge in [0.1, 0.15) is 18.0 Å². The molecule has 0 aliphatic heterocycles. The molecule has 2 aliphatic rings. The lowest BCUT2D eigenvalue weighted by atomic mass is 10.2. The maximum absolute atomic E-state index is 6.32. The first-order chi connectivity index (χ1) is 18.6. The molecule has 10 nitrogen and oxygen atoms in total. The minimum Gasteiger partial charge on any atom is -0.474 e. The van der Waals surface area contributed by atoms with Gasteiger partial charge in [0.2, 0.25) is 17.7 Å². The second-order valence-electron chi connectivity index (χ2n) is 9.73. The van der Waals surface area contributed by atoms with Gasteiger partial charge in [0.15, 0.2) is 5.52 Å². The fourth-order valence-electron chi connectivity index (χ4n) is 3.79. The Morgan fingerprint density at radius 3 is 2.61 bits per heavy atom. The van der Waals surface area contributed by atoms with Crippen molar-refractivity contribution in [1.82, 2.24) is 19.9 Å². The Labute approximate surface area is 220 Å². The van der Waals surface area contributed by atoms with Crippen molar-refractivity contribution in [2.45, 2.75) is 50.9 Å². The third-order valence-corrected chi connectivity index (χ3v) is 6.40. The van der Waals surface area contributed by atoms with Crippen LogP contribution >= 0.6 is 0 Å². The van der Waals surface area contributed by atoms with Crippen LogP contribution in [0.15, 0.2) is 64.7 Å². The molecule has 4 aromatic rings. The van der Waals surface area contributed by atoms with E-state index in [4.69, 9.17) is 30.2 Å². The number of nitrogens with zero attached hydrogens (tertiary/aromatic N) is 6. The van der Waals surface area contributed by atoms with E-state index in [9.17, 15) is 0 Å². The number of hydrogen-bond acceptors (Lipinski definition) is 8. The maximum Gasteiger partial charge on any atom is 0.246 e. The maximum atomic E-state index is 6.32. The molecule has 3 N–H and O–H groups in total. The Morgan fingerprint density at radius 2 is 1.89 bits per heavy atom. The van der Waals surface area contributed by atoms with Crippen LogP contribution in [0.1, 0.15) is 38.2 Å². The van der Waals surface area contributed by atoms with E-state index in [2.05, 4.69) is 27.2 Å². The zero-order valence-electron chi connectivity index (χ0n) is 21.0. The number of ether oxygens (including phenoxy) is 2. The SMILES string of the molecule is CC1(Oc2nc(NCc3ccc(N=CN=CN)cc3)nc3ccc(-c4ccc(OC5CC5)nc4)nc23)CC1. The largest absolute Gasteiger partial charge is 0.474 e. The van der Waals surface area contributed by atoms with Crippen LogP contribution in [0.3, 0.4) is 0 Å². The third kappa shape index (κ3) is 5.69. The fourth-order valence-corrected chi connectivity index (χ4v) is 3.79. The second kappa shape index (κ2) is 10.0. The Hall–Kier alpha value is -4.60. The molecule has 1 aromatic carbocycles. The first-order valence-electron chi connectivity index (χ1n) is 12.7. The molecule has 0 amide bonds. The van der Waals surface area contributed by atoms with E-state index in [0.717, 1.165) is 48.2 Å². The smallest absolute Gasteiger partial charge is 0.246 e. The molecule has 2 aliphatic carbocycles. The summed E-state index contributed by atoms with van der Waals surface area (Å²) in [5, 5.41) is 3.31. The highest BCUT2D eigenvalue weighted by molar-refractivity contribution is 5.83. The number of aliphatic imine (C=N–C) groups is 2. The molecule has 3 aromatic heterocycles. The van der Waals surface area contributed by atoms with Crippen LogP contribution in [-0.4, -0.2) is 44.3 Å². The molecule has 0 bridgehead atoms. The summed E-state index contributed by atoms with van der Waals surface area (Å²) >= 11 is 0. The average molecular weight is 509 g/mol. The molecule has 10 heteroatoms. The van der Waals surface area contributed by atoms with E-state index in [1.807, 2.05) is 48.5 Å². The molecule has 0 unspecified atom stereocenters. The summed E-state index contributed by atoms with van der Waals surface area (Å²) in [6, 6.07) is 15.5. The molecule has 0 spiro atoms. The Bertz CT molecular complexity index is 1490. The summed E-state index contributed by atoms with van der Waals surface area (Å²) in [7, 11) is 0. The van der Waals surface area contributed by atoms with E-state index in [0.29, 0.717) is 41.4 Å². The molecule has 0 saturated heterocycles. The lowest BCUT2D eigenvalue weighted by Crippen LogP contribution is -2.15. The number of anilines is 1. The van der Waals surface area contributed by atoms with Crippen molar-refractivity contribution in [2.75, 3.05) is 5.32 Å². The zero-order valence-corrected chi connectivity index (χ0v) is 21.0. The Kier molecular flexibility index (Phi) is 6.28. The van der Waals surface area contributed by atoms with Gasteiger partial charge in [-0.25, -0.2) is 24.9 Å². The lowest BCUT2D eigenvalue weighted by molar-refractivity contribution is 0.194. The summed E-state index contributed by atoms with van der Waals surface area (Å²) < 4.78 is 12.1. The third-order valence-electron chi connectivity index (χ3n) is 6.40. The molecule has 0 atom stereocenters. The highest BCUT2D eigenvalue weighted by atomic mass is 16.5. The first kappa shape index (κ1) is 23.8. The minimum absolute atomic E-state index is 0.218. The monoisotopic (exact) mass is 508 g/mol. The van der Waals surface area contributed by atoms with Crippen LogP contribution in [0.4, 0.5) is 11.6 Å². The molecule has 0 radical (unpaired) electrons. The lowest BCUT2D eigenvalue weighted by Gasteiger charge is -2.15. The van der Waals surface area contributed by atoms with E-state index in [1.54, 1.807) is 6.20 Å². The van der Waals surface area contributed by atoms with Crippen LogP contribution in [0, 0.1) is 0 Å². The normalized spacial score (nSPS) is 16.2. The summed E-state index contributed by atoms with van der Waals surface area (Å²) in [5.74, 6) is 1.60. The summed E-state index contributed by atoms with van der Waals surface area (Å²) in [6.45, 7) is 2.63. The number of fused-ring (bicyclic) bond motifs is 1. The van der Waals surface area contributed by atoms with Gasteiger partial charge >= 0.3 is 0 Å². The Balaban J connectivity index is 1.23. The first-order valence-corrected chi connectivity index (χ1v) is 12.7. The topological polar surface area (TPSA) is 133 Å². The van der Waals surface area contributed by atoms with E-state index >= 15 is 0 Å². The van der Waals surface area contributed by atoms with Gasteiger partial charge < -0.3 is 20.5 Å². The van der Waals surface area contributed by atoms with E-state index in [1.165, 1.54) is 12.7 Å². The van der Waals surface area contributed by atoms with Crippen molar-refractivity contribution in [3.8, 4) is 23.0 Å². The molecule has 192 valence electrons. The predicted octanol–water partition coefficient (Wildman–Crippen LogP) is 4.82. The van der Waals surface area contributed by atoms with Gasteiger partial charge in [0.05, 0.1) is 23.2 Å². The van der Waals surface area contributed by atoms with Crippen LogP contribution in [0.5, 0.6) is 11.8 Å². The predicted molar refractivity (Wildman–Crippen MR) is 147 cm³/mol. The summed E-state index contributed by atoms with van der Waals surface area (Å²) in [5.41, 5.74) is 9.85. The van der Waals surface area contributed by atoms with Crippen molar-refractivity contribution >= 4 is 35.3 Å². The number of nitrogens with one attached hydrogen (secondary N) is 1. The molecule has 6 rings (SSSR count). The fraction of sp³-hybridized carbons (Fsp3) is 0.286. The summed E-state index contributed by atoms with van der Waals surface area (Å²) in [4.78, 5) is 26.7. The van der Waals surface area contributed by atoms with Crippen molar-refractivity contribution in [3.63, 3.8) is 0 Å². The number of aromatic nitrogens is 4. The molecular weight excluding hydrogens is 480 g/mol. The summed E-state index contributed by atoms with van der Waals surface area (Å²) in [6.07, 6.45) is 8.87. The molecule has 2 fully saturated rings. The number of nitrogens with two attached hydrogens (primary N) is 1. The van der Waals surface area contributed by atoms with Crippen molar-refractivity contribution in [2.24, 2.45) is 15.7 Å². The van der Waals surface area contributed by atoms with Gasteiger partial charge in [0.25, 0.3) is 0 Å². The molecule has 3 heterocycles. The van der Waals surface area contributed by atoms with Gasteiger partial charge in [-0.1, -0.05) is 12.1 Å². The van der Waals surface area contributed by atoms with Crippen LogP contribution in [0.2, 0.25) is 0 Å². The second-order valence-corrected chi connectivity index (χ2v) is 9.73. The highest BCUT2D eigenvalue weighted by Crippen LogP contribution is 2.41. The van der Waals surface area contributed by atoms with E-state index < -0.39 is 0 Å². The molecule has 38 heavy (non-hydrogen) atoms. The van der Waals surface area contributed by atoms with Crippen LogP contribution in [0.25, 0.3) is 22.3 Å². The Morgan fingerprint density at radius 1 is 1.05 bits per heavy atom. The molecule has 2 saturated carbocycles. The highest BCUT2D eigenvalue weighted by Gasteiger charge is 2.41. The standard InChI is InChI=1S/C28H28N8O2/c1-28(12-13-28)38-26-25-23(10-9-22(34-25)19-4-11-24(31-15-19)37-21-7-8-21)35-27(36-26)32-14-18-2-5-20(6-3-18)33-17-30-16-29/h2-6,9-11,15-17,21H,7-8,12-14H2,1H3,(H2,29,30,33)(H,32,35,36). The van der Waals surface area contributed by atoms with Gasteiger partial charge in [-0.05, 0) is 68.5 Å². The number of benzene rings is 1. The van der Waals surface area contributed by atoms with Gasteiger partial charge in [-0.2, -0.15) is 4.98 Å². The van der Waals surface area contributed by atoms with Crippen molar-refractivity contribution in [3.05, 3.63) is 60.3 Å². The number of hydrogen-bond donors (Lipinski definition) is 2. The minimum atomic E-state index is -0.218. The van der Waals surface area contributed by atoms with Gasteiger partial charge in [-0.15, -0.1) is 0 Å². The van der Waals surface area contributed by atoms with Crippen LogP contribution < -0.4 is 20.5 Å². The van der Waals surface area contributed by atoms with Crippen molar-refractivity contribution in [1.29, 1.82) is 0 Å². The number of rotatable bonds is 10. The quantitative estimate of drug-likeness (QED) is 0.230. The molecular formula is C28H28N8O2. The van der Waals surface area contributed by atoms with E-state index in [-0.39, 0.29) is 5.60 Å². The van der Waals surface area contributed by atoms with Gasteiger partial charge in [0, 0.05) is 24.4 Å². The number of pyridine rings is 2.